The van der Waals surface area contributed by atoms with Gasteiger partial charge in [0, 0.05) is 0 Å². The van der Waals surface area contributed by atoms with Gasteiger partial charge in [-0.3, -0.25) is 4.79 Å². The molecule has 1 aromatic rings. The van der Waals surface area contributed by atoms with Gasteiger partial charge < -0.3 is 14.2 Å². The normalized spacial score (nSPS) is 10.1. The van der Waals surface area contributed by atoms with Crippen LogP contribution in [0.1, 0.15) is 17.3 Å². The third-order valence-corrected chi connectivity index (χ3v) is 2.03. The highest BCUT2D eigenvalue weighted by molar-refractivity contribution is 5.82. The van der Waals surface area contributed by atoms with Crippen molar-refractivity contribution in [2.24, 2.45) is 0 Å². The fourth-order valence-corrected chi connectivity index (χ4v) is 1.26. The van der Waals surface area contributed by atoms with E-state index in [4.69, 9.17) is 9.47 Å². The molecule has 0 bridgehead atoms. The number of esters is 1. The number of carbonyl (C=O) groups excluding carboxylic acids is 2. The lowest BCUT2D eigenvalue weighted by Crippen LogP contribution is -2.00. The lowest BCUT2D eigenvalue weighted by atomic mass is 10.2. The summed E-state index contributed by atoms with van der Waals surface area (Å²) in [5, 5.41) is 0. The Labute approximate surface area is 105 Å². The molecular weight excluding hydrogens is 236 g/mol. The van der Waals surface area contributed by atoms with Crippen molar-refractivity contribution >= 4 is 12.3 Å². The number of rotatable bonds is 6. The van der Waals surface area contributed by atoms with Crippen molar-refractivity contribution in [3.8, 4) is 11.5 Å². The zero-order valence-electron chi connectivity index (χ0n) is 10.2. The lowest BCUT2D eigenvalue weighted by molar-refractivity contribution is -0.137. The zero-order valence-corrected chi connectivity index (χ0v) is 10.2. The molecule has 0 fully saturated rings. The number of hydrogen-bond donors (Lipinski definition) is 0. The molecule has 0 atom stereocenters. The second-order valence-corrected chi connectivity index (χ2v) is 3.17. The summed E-state index contributed by atoms with van der Waals surface area (Å²) in [5.74, 6) is 0.156. The van der Waals surface area contributed by atoms with Crippen molar-refractivity contribution in [2.75, 3.05) is 13.7 Å². The fourth-order valence-electron chi connectivity index (χ4n) is 1.26. The average Bonchev–Trinajstić information content (AvgIpc) is 2.39. The SMILES string of the molecule is CCOC(=O)/C=C/Oc1c(C=O)cccc1OC. The Morgan fingerprint density at radius 3 is 2.78 bits per heavy atom. The third-order valence-electron chi connectivity index (χ3n) is 2.03. The van der Waals surface area contributed by atoms with Crippen LogP contribution in [0, 0.1) is 0 Å². The fraction of sp³-hybridized carbons (Fsp3) is 0.231. The molecule has 5 nitrogen and oxygen atoms in total. The molecule has 0 aliphatic heterocycles. The Morgan fingerprint density at radius 1 is 1.39 bits per heavy atom. The van der Waals surface area contributed by atoms with Crippen molar-refractivity contribution in [2.45, 2.75) is 6.92 Å². The predicted molar refractivity (Wildman–Crippen MR) is 64.8 cm³/mol. The molecule has 0 radical (unpaired) electrons. The second kappa shape index (κ2) is 7.11. The molecule has 0 aromatic heterocycles. The Hall–Kier alpha value is -2.30. The standard InChI is InChI=1S/C13H14O5/c1-3-17-12(15)7-8-18-13-10(9-14)5-4-6-11(13)16-2/h4-9H,3H2,1-2H3/b8-7+. The van der Waals surface area contributed by atoms with E-state index in [1.165, 1.54) is 7.11 Å². The minimum absolute atomic E-state index is 0.260. The van der Waals surface area contributed by atoms with E-state index >= 15 is 0 Å². The van der Waals surface area contributed by atoms with E-state index in [-0.39, 0.29) is 12.4 Å². The van der Waals surface area contributed by atoms with E-state index in [1.54, 1.807) is 25.1 Å². The predicted octanol–water partition coefficient (Wildman–Crippen LogP) is 1.96. The Morgan fingerprint density at radius 2 is 2.17 bits per heavy atom. The van der Waals surface area contributed by atoms with Crippen LogP contribution in [0.4, 0.5) is 0 Å². The summed E-state index contributed by atoms with van der Waals surface area (Å²) in [7, 11) is 1.46. The first-order valence-electron chi connectivity index (χ1n) is 5.35. The van der Waals surface area contributed by atoms with Crippen LogP contribution in [-0.4, -0.2) is 26.0 Å². The maximum Gasteiger partial charge on any atom is 0.333 e. The first-order chi connectivity index (χ1) is 8.72. The molecule has 0 saturated heterocycles. The number of methoxy groups -OCH3 is 1. The van der Waals surface area contributed by atoms with Gasteiger partial charge in [-0.05, 0) is 19.1 Å². The Bertz CT molecular complexity index is 451. The molecule has 0 N–H and O–H groups in total. The topological polar surface area (TPSA) is 61.8 Å². The number of para-hydroxylation sites is 1. The molecule has 1 rings (SSSR count). The van der Waals surface area contributed by atoms with Crippen molar-refractivity contribution < 1.29 is 23.8 Å². The minimum atomic E-state index is -0.514. The number of ether oxygens (including phenoxy) is 3. The highest BCUT2D eigenvalue weighted by Crippen LogP contribution is 2.30. The van der Waals surface area contributed by atoms with Gasteiger partial charge in [-0.15, -0.1) is 0 Å². The minimum Gasteiger partial charge on any atom is -0.493 e. The number of aldehydes is 1. The molecule has 1 aromatic carbocycles. The zero-order chi connectivity index (χ0) is 13.4. The average molecular weight is 250 g/mol. The summed E-state index contributed by atoms with van der Waals surface area (Å²) < 4.78 is 15.0. The van der Waals surface area contributed by atoms with E-state index in [0.29, 0.717) is 17.6 Å². The molecule has 0 amide bonds. The molecule has 0 heterocycles. The van der Waals surface area contributed by atoms with Gasteiger partial charge in [-0.2, -0.15) is 0 Å². The maximum absolute atomic E-state index is 11.1. The van der Waals surface area contributed by atoms with Crippen molar-refractivity contribution in [3.05, 3.63) is 36.1 Å². The summed E-state index contributed by atoms with van der Waals surface area (Å²) in [6.07, 6.45) is 2.93. The van der Waals surface area contributed by atoms with Crippen molar-refractivity contribution in [1.29, 1.82) is 0 Å². The van der Waals surface area contributed by atoms with Crippen LogP contribution in [0.2, 0.25) is 0 Å². The van der Waals surface area contributed by atoms with E-state index in [9.17, 15) is 9.59 Å². The van der Waals surface area contributed by atoms with Gasteiger partial charge >= 0.3 is 5.97 Å². The smallest absolute Gasteiger partial charge is 0.333 e. The monoisotopic (exact) mass is 250 g/mol. The summed E-state index contributed by atoms with van der Waals surface area (Å²) in [6.45, 7) is 1.99. The van der Waals surface area contributed by atoms with Gasteiger partial charge in [-0.25, -0.2) is 4.79 Å². The Kier molecular flexibility index (Phi) is 5.44. The lowest BCUT2D eigenvalue weighted by Gasteiger charge is -2.08. The molecule has 0 saturated carbocycles. The molecule has 0 aliphatic rings. The highest BCUT2D eigenvalue weighted by atomic mass is 16.5. The molecular formula is C13H14O5. The second-order valence-electron chi connectivity index (χ2n) is 3.17. The van der Waals surface area contributed by atoms with Gasteiger partial charge in [-0.1, -0.05) is 6.07 Å². The largest absolute Gasteiger partial charge is 0.493 e. The third kappa shape index (κ3) is 3.62. The number of benzene rings is 1. The molecule has 5 heteroatoms. The van der Waals surface area contributed by atoms with Crippen LogP contribution in [-0.2, 0) is 9.53 Å². The van der Waals surface area contributed by atoms with Crippen LogP contribution in [0.15, 0.2) is 30.5 Å². The van der Waals surface area contributed by atoms with Gasteiger partial charge in [0.2, 0.25) is 0 Å². The molecule has 96 valence electrons. The molecule has 18 heavy (non-hydrogen) atoms. The molecule has 0 spiro atoms. The summed E-state index contributed by atoms with van der Waals surface area (Å²) >= 11 is 0. The van der Waals surface area contributed by atoms with Gasteiger partial charge in [0.05, 0.1) is 31.6 Å². The van der Waals surface area contributed by atoms with Gasteiger partial charge in [0.1, 0.15) is 0 Å². The van der Waals surface area contributed by atoms with Gasteiger partial charge in [0.25, 0.3) is 0 Å². The van der Waals surface area contributed by atoms with Crippen LogP contribution in [0.5, 0.6) is 11.5 Å². The highest BCUT2D eigenvalue weighted by Gasteiger charge is 2.08. The van der Waals surface area contributed by atoms with E-state index in [0.717, 1.165) is 12.3 Å². The van der Waals surface area contributed by atoms with Crippen LogP contribution in [0.25, 0.3) is 0 Å². The van der Waals surface area contributed by atoms with Crippen LogP contribution < -0.4 is 9.47 Å². The van der Waals surface area contributed by atoms with Gasteiger partial charge in [0.15, 0.2) is 17.8 Å². The van der Waals surface area contributed by atoms with Crippen LogP contribution >= 0.6 is 0 Å². The molecule has 0 aliphatic carbocycles. The van der Waals surface area contributed by atoms with Crippen molar-refractivity contribution in [3.63, 3.8) is 0 Å². The van der Waals surface area contributed by atoms with Crippen LogP contribution in [0.3, 0.4) is 0 Å². The summed E-state index contributed by atoms with van der Waals surface area (Å²) in [4.78, 5) is 21.9. The maximum atomic E-state index is 11.1. The van der Waals surface area contributed by atoms with E-state index in [2.05, 4.69) is 4.74 Å². The van der Waals surface area contributed by atoms with E-state index < -0.39 is 5.97 Å². The summed E-state index contributed by atoms with van der Waals surface area (Å²) in [6, 6.07) is 4.91. The summed E-state index contributed by atoms with van der Waals surface area (Å²) in [5.41, 5.74) is 0.336. The Balaban J connectivity index is 2.83. The number of hydrogen-bond acceptors (Lipinski definition) is 5. The first kappa shape index (κ1) is 13.8. The van der Waals surface area contributed by atoms with E-state index in [1.807, 2.05) is 0 Å². The number of carbonyl (C=O) groups is 2. The first-order valence-corrected chi connectivity index (χ1v) is 5.35. The quantitative estimate of drug-likeness (QED) is 0.334. The molecule has 0 unspecified atom stereocenters. The van der Waals surface area contributed by atoms with Crippen molar-refractivity contribution in [1.82, 2.24) is 0 Å².